The number of ether oxygens (including phenoxy) is 1. The molecule has 2 aromatic heterocycles. The number of hydrogen-bond acceptors (Lipinski definition) is 3. The maximum absolute atomic E-state index is 5.94. The van der Waals surface area contributed by atoms with Crippen LogP contribution in [0.1, 0.15) is 11.6 Å². The predicted octanol–water partition coefficient (Wildman–Crippen LogP) is 0.980. The molecule has 0 spiro atoms. The summed E-state index contributed by atoms with van der Waals surface area (Å²) in [6, 6.07) is 5.80. The van der Waals surface area contributed by atoms with Crippen LogP contribution >= 0.6 is 0 Å². The number of nitrogens with zero attached hydrogens (tertiary/aromatic N) is 2. The molecule has 0 aliphatic heterocycles. The van der Waals surface area contributed by atoms with Crippen LogP contribution in [0.2, 0.25) is 0 Å². The van der Waals surface area contributed by atoms with Crippen LogP contribution in [0.4, 0.5) is 0 Å². The standard InChI is InChI=1S/C10H13N3O/c1-14-7-9(11)8-6-12-13-5-3-2-4-10(8)13/h2-6,9H,7,11H2,1H3. The topological polar surface area (TPSA) is 52.5 Å². The lowest BCUT2D eigenvalue weighted by atomic mass is 10.1. The average Bonchev–Trinajstić information content (AvgIpc) is 2.61. The fraction of sp³-hybridized carbons (Fsp3) is 0.300. The molecule has 0 aliphatic rings. The van der Waals surface area contributed by atoms with E-state index in [1.54, 1.807) is 13.3 Å². The van der Waals surface area contributed by atoms with Gasteiger partial charge in [-0.3, -0.25) is 0 Å². The van der Waals surface area contributed by atoms with Gasteiger partial charge in [-0.05, 0) is 12.1 Å². The Morgan fingerprint density at radius 1 is 1.57 bits per heavy atom. The second-order valence-corrected chi connectivity index (χ2v) is 3.19. The highest BCUT2D eigenvalue weighted by molar-refractivity contribution is 5.54. The van der Waals surface area contributed by atoms with Gasteiger partial charge in [0.25, 0.3) is 0 Å². The summed E-state index contributed by atoms with van der Waals surface area (Å²) in [6.45, 7) is 0.510. The monoisotopic (exact) mass is 191 g/mol. The Morgan fingerprint density at radius 2 is 2.43 bits per heavy atom. The second-order valence-electron chi connectivity index (χ2n) is 3.19. The Kier molecular flexibility index (Phi) is 2.47. The molecule has 4 nitrogen and oxygen atoms in total. The lowest BCUT2D eigenvalue weighted by Crippen LogP contribution is -2.15. The minimum Gasteiger partial charge on any atom is -0.383 e. The Balaban J connectivity index is 2.42. The first kappa shape index (κ1) is 9.18. The lowest BCUT2D eigenvalue weighted by molar-refractivity contribution is 0.181. The summed E-state index contributed by atoms with van der Waals surface area (Å²) in [7, 11) is 1.64. The molecule has 74 valence electrons. The van der Waals surface area contributed by atoms with E-state index in [9.17, 15) is 0 Å². The number of rotatable bonds is 3. The van der Waals surface area contributed by atoms with Crippen molar-refractivity contribution < 1.29 is 4.74 Å². The van der Waals surface area contributed by atoms with Crippen LogP contribution in [0.15, 0.2) is 30.6 Å². The Labute approximate surface area is 82.3 Å². The molecular weight excluding hydrogens is 178 g/mol. The number of methoxy groups -OCH3 is 1. The van der Waals surface area contributed by atoms with Gasteiger partial charge in [-0.1, -0.05) is 6.07 Å². The molecule has 1 unspecified atom stereocenters. The van der Waals surface area contributed by atoms with Gasteiger partial charge in [-0.25, -0.2) is 4.52 Å². The van der Waals surface area contributed by atoms with E-state index in [1.807, 2.05) is 28.9 Å². The SMILES string of the molecule is COCC(N)c1cnn2ccccc12. The first-order valence-corrected chi connectivity index (χ1v) is 4.49. The molecule has 0 fully saturated rings. The summed E-state index contributed by atoms with van der Waals surface area (Å²) in [4.78, 5) is 0. The van der Waals surface area contributed by atoms with Gasteiger partial charge >= 0.3 is 0 Å². The van der Waals surface area contributed by atoms with Crippen LogP contribution in [-0.2, 0) is 4.74 Å². The third-order valence-corrected chi connectivity index (χ3v) is 2.20. The zero-order chi connectivity index (χ0) is 9.97. The van der Waals surface area contributed by atoms with E-state index in [1.165, 1.54) is 0 Å². The van der Waals surface area contributed by atoms with Gasteiger partial charge in [0, 0.05) is 18.9 Å². The summed E-state index contributed by atoms with van der Waals surface area (Å²) in [5, 5.41) is 4.20. The minimum absolute atomic E-state index is 0.111. The van der Waals surface area contributed by atoms with Gasteiger partial charge in [0.15, 0.2) is 0 Å². The molecule has 2 heterocycles. The van der Waals surface area contributed by atoms with Crippen LogP contribution in [-0.4, -0.2) is 23.3 Å². The Morgan fingerprint density at radius 3 is 3.21 bits per heavy atom. The highest BCUT2D eigenvalue weighted by Gasteiger charge is 2.10. The van der Waals surface area contributed by atoms with E-state index < -0.39 is 0 Å². The van der Waals surface area contributed by atoms with Crippen molar-refractivity contribution in [3.8, 4) is 0 Å². The fourth-order valence-corrected chi connectivity index (χ4v) is 1.51. The molecule has 1 atom stereocenters. The molecule has 0 aromatic carbocycles. The number of fused-ring (bicyclic) bond motifs is 1. The van der Waals surface area contributed by atoms with Crippen molar-refractivity contribution in [3.63, 3.8) is 0 Å². The van der Waals surface area contributed by atoms with Gasteiger partial charge in [0.1, 0.15) is 0 Å². The molecule has 0 saturated heterocycles. The van der Waals surface area contributed by atoms with E-state index in [2.05, 4.69) is 5.10 Å². The maximum atomic E-state index is 5.94. The van der Waals surface area contributed by atoms with Crippen molar-refractivity contribution in [2.75, 3.05) is 13.7 Å². The molecule has 2 rings (SSSR count). The highest BCUT2D eigenvalue weighted by Crippen LogP contribution is 2.16. The first-order valence-electron chi connectivity index (χ1n) is 4.49. The van der Waals surface area contributed by atoms with Crippen molar-refractivity contribution in [2.24, 2.45) is 5.73 Å². The van der Waals surface area contributed by atoms with Crippen molar-refractivity contribution in [2.45, 2.75) is 6.04 Å². The van der Waals surface area contributed by atoms with Crippen LogP contribution in [0.5, 0.6) is 0 Å². The summed E-state index contributed by atoms with van der Waals surface area (Å²) < 4.78 is 6.82. The van der Waals surface area contributed by atoms with Crippen LogP contribution in [0.3, 0.4) is 0 Å². The number of aromatic nitrogens is 2. The fourth-order valence-electron chi connectivity index (χ4n) is 1.51. The zero-order valence-corrected chi connectivity index (χ0v) is 8.05. The van der Waals surface area contributed by atoms with E-state index in [0.717, 1.165) is 11.1 Å². The molecule has 14 heavy (non-hydrogen) atoms. The molecular formula is C10H13N3O. The second kappa shape index (κ2) is 3.77. The van der Waals surface area contributed by atoms with Crippen molar-refractivity contribution >= 4 is 5.52 Å². The van der Waals surface area contributed by atoms with E-state index in [0.29, 0.717) is 6.61 Å². The lowest BCUT2D eigenvalue weighted by Gasteiger charge is -2.08. The van der Waals surface area contributed by atoms with Crippen molar-refractivity contribution in [1.29, 1.82) is 0 Å². The molecule has 0 saturated carbocycles. The van der Waals surface area contributed by atoms with Crippen molar-refractivity contribution in [3.05, 3.63) is 36.2 Å². The normalized spacial score (nSPS) is 13.3. The largest absolute Gasteiger partial charge is 0.383 e. The van der Waals surface area contributed by atoms with Crippen LogP contribution in [0.25, 0.3) is 5.52 Å². The molecule has 2 aromatic rings. The average molecular weight is 191 g/mol. The zero-order valence-electron chi connectivity index (χ0n) is 8.05. The number of hydrogen-bond donors (Lipinski definition) is 1. The summed E-state index contributed by atoms with van der Waals surface area (Å²) >= 11 is 0. The summed E-state index contributed by atoms with van der Waals surface area (Å²) in [5.41, 5.74) is 8.00. The molecule has 0 radical (unpaired) electrons. The van der Waals surface area contributed by atoms with E-state index in [4.69, 9.17) is 10.5 Å². The molecule has 0 bridgehead atoms. The van der Waals surface area contributed by atoms with Gasteiger partial charge in [-0.15, -0.1) is 0 Å². The maximum Gasteiger partial charge on any atom is 0.0710 e. The predicted molar refractivity (Wildman–Crippen MR) is 54.0 cm³/mol. The molecule has 4 heteroatoms. The van der Waals surface area contributed by atoms with Crippen LogP contribution in [0, 0.1) is 0 Å². The van der Waals surface area contributed by atoms with E-state index in [-0.39, 0.29) is 6.04 Å². The smallest absolute Gasteiger partial charge is 0.0710 e. The summed E-state index contributed by atoms with van der Waals surface area (Å²) in [6.07, 6.45) is 3.69. The molecule has 0 amide bonds. The first-order chi connectivity index (χ1) is 6.83. The minimum atomic E-state index is -0.111. The Bertz CT molecular complexity index is 424. The quantitative estimate of drug-likeness (QED) is 0.786. The van der Waals surface area contributed by atoms with Gasteiger partial charge < -0.3 is 10.5 Å². The van der Waals surface area contributed by atoms with Gasteiger partial charge in [-0.2, -0.15) is 5.10 Å². The van der Waals surface area contributed by atoms with Crippen molar-refractivity contribution in [1.82, 2.24) is 9.61 Å². The van der Waals surface area contributed by atoms with Gasteiger partial charge in [0.05, 0.1) is 24.4 Å². The highest BCUT2D eigenvalue weighted by atomic mass is 16.5. The molecule has 0 aliphatic carbocycles. The van der Waals surface area contributed by atoms with E-state index >= 15 is 0 Å². The summed E-state index contributed by atoms with van der Waals surface area (Å²) in [5.74, 6) is 0. The number of pyridine rings is 1. The third kappa shape index (κ3) is 1.49. The van der Waals surface area contributed by atoms with Gasteiger partial charge in [0.2, 0.25) is 0 Å². The third-order valence-electron chi connectivity index (χ3n) is 2.20. The van der Waals surface area contributed by atoms with Crippen LogP contribution < -0.4 is 5.73 Å². The molecule has 2 N–H and O–H groups in total. The number of nitrogens with two attached hydrogens (primary N) is 1. The Hall–Kier alpha value is -1.39.